The molecule has 4 rings (SSSR count). The zero-order chi connectivity index (χ0) is 27.8. The topological polar surface area (TPSA) is 120 Å². The molecule has 0 saturated heterocycles. The minimum atomic E-state index is -0.577. The molecule has 0 saturated carbocycles. The molecule has 0 bridgehead atoms. The standard InChI is InChI=1S/C30H27N3O6/c1-20-12-14-22(15-13-20)29(21-8-4-3-5-9-21)32-28(34)19-39-26-11-7-6-10-24(26)30(35)31-25-18-23(33(36)37)16-17-27(25)38-2/h3-18,29H,19H2,1-2H3,(H,31,35)(H,32,34)/t29-/m0/s1. The summed E-state index contributed by atoms with van der Waals surface area (Å²) < 4.78 is 11.0. The van der Waals surface area contributed by atoms with Crippen molar-refractivity contribution in [3.05, 3.63) is 129 Å². The van der Waals surface area contributed by atoms with E-state index in [1.54, 1.807) is 18.2 Å². The van der Waals surface area contributed by atoms with Crippen molar-refractivity contribution in [2.75, 3.05) is 19.0 Å². The lowest BCUT2D eigenvalue weighted by atomic mass is 9.98. The molecule has 0 aromatic heterocycles. The molecule has 0 unspecified atom stereocenters. The van der Waals surface area contributed by atoms with E-state index in [4.69, 9.17) is 9.47 Å². The first kappa shape index (κ1) is 26.9. The lowest BCUT2D eigenvalue weighted by Crippen LogP contribution is -2.33. The van der Waals surface area contributed by atoms with Gasteiger partial charge in [0.25, 0.3) is 17.5 Å². The van der Waals surface area contributed by atoms with Crippen LogP contribution in [0.1, 0.15) is 33.1 Å². The van der Waals surface area contributed by atoms with E-state index >= 15 is 0 Å². The van der Waals surface area contributed by atoms with E-state index in [1.807, 2.05) is 61.5 Å². The molecular formula is C30H27N3O6. The summed E-state index contributed by atoms with van der Waals surface area (Å²) in [5.41, 5.74) is 3.03. The molecule has 2 N–H and O–H groups in total. The average Bonchev–Trinajstić information content (AvgIpc) is 2.96. The Labute approximate surface area is 225 Å². The minimum Gasteiger partial charge on any atom is -0.495 e. The molecule has 4 aromatic carbocycles. The molecule has 39 heavy (non-hydrogen) atoms. The van der Waals surface area contributed by atoms with E-state index in [-0.39, 0.29) is 47.0 Å². The number of ether oxygens (including phenoxy) is 2. The summed E-state index contributed by atoms with van der Waals surface area (Å²) in [6.07, 6.45) is 0. The normalized spacial score (nSPS) is 11.2. The summed E-state index contributed by atoms with van der Waals surface area (Å²) in [7, 11) is 1.39. The maximum atomic E-state index is 13.1. The number of rotatable bonds is 10. The van der Waals surface area contributed by atoms with E-state index in [9.17, 15) is 19.7 Å². The Morgan fingerprint density at radius 2 is 1.54 bits per heavy atom. The Balaban J connectivity index is 1.49. The molecule has 0 aliphatic rings. The number of aryl methyl sites for hydroxylation is 1. The molecule has 9 nitrogen and oxygen atoms in total. The molecule has 0 fully saturated rings. The molecule has 2 amide bonds. The quantitative estimate of drug-likeness (QED) is 0.210. The number of carbonyl (C=O) groups is 2. The number of nitrogens with one attached hydrogen (secondary N) is 2. The van der Waals surface area contributed by atoms with Gasteiger partial charge in [0.1, 0.15) is 11.5 Å². The van der Waals surface area contributed by atoms with Crippen molar-refractivity contribution in [3.8, 4) is 11.5 Å². The largest absolute Gasteiger partial charge is 0.495 e. The van der Waals surface area contributed by atoms with Gasteiger partial charge in [-0.1, -0.05) is 72.3 Å². The molecular weight excluding hydrogens is 498 g/mol. The highest BCUT2D eigenvalue weighted by Gasteiger charge is 2.20. The van der Waals surface area contributed by atoms with Crippen LogP contribution in [0, 0.1) is 17.0 Å². The number of para-hydroxylation sites is 1. The number of carbonyl (C=O) groups excluding carboxylic acids is 2. The lowest BCUT2D eigenvalue weighted by molar-refractivity contribution is -0.384. The van der Waals surface area contributed by atoms with Crippen molar-refractivity contribution in [1.82, 2.24) is 5.32 Å². The predicted octanol–water partition coefficient (Wildman–Crippen LogP) is 5.45. The van der Waals surface area contributed by atoms with Crippen LogP contribution in [0.4, 0.5) is 11.4 Å². The summed E-state index contributed by atoms with van der Waals surface area (Å²) in [4.78, 5) is 36.7. The van der Waals surface area contributed by atoms with Crippen molar-refractivity contribution in [1.29, 1.82) is 0 Å². The SMILES string of the molecule is COc1ccc([N+](=O)[O-])cc1NC(=O)c1ccccc1OCC(=O)N[C@@H](c1ccccc1)c1ccc(C)cc1. The van der Waals surface area contributed by atoms with Crippen LogP contribution < -0.4 is 20.1 Å². The fourth-order valence-corrected chi connectivity index (χ4v) is 3.99. The zero-order valence-electron chi connectivity index (χ0n) is 21.4. The molecule has 0 heterocycles. The Morgan fingerprint density at radius 1 is 0.872 bits per heavy atom. The maximum Gasteiger partial charge on any atom is 0.271 e. The van der Waals surface area contributed by atoms with Crippen molar-refractivity contribution in [2.45, 2.75) is 13.0 Å². The second-order valence-corrected chi connectivity index (χ2v) is 8.70. The molecule has 198 valence electrons. The smallest absolute Gasteiger partial charge is 0.271 e. The average molecular weight is 526 g/mol. The van der Waals surface area contributed by atoms with Crippen molar-refractivity contribution >= 4 is 23.2 Å². The first-order chi connectivity index (χ1) is 18.9. The first-order valence-corrected chi connectivity index (χ1v) is 12.1. The number of anilines is 1. The van der Waals surface area contributed by atoms with E-state index < -0.39 is 10.8 Å². The van der Waals surface area contributed by atoms with Crippen LogP contribution in [0.25, 0.3) is 0 Å². The van der Waals surface area contributed by atoms with Crippen LogP contribution >= 0.6 is 0 Å². The van der Waals surface area contributed by atoms with Crippen LogP contribution in [0.3, 0.4) is 0 Å². The highest BCUT2D eigenvalue weighted by atomic mass is 16.6. The molecule has 4 aromatic rings. The summed E-state index contributed by atoms with van der Waals surface area (Å²) in [5.74, 6) is -0.512. The van der Waals surface area contributed by atoms with Crippen LogP contribution in [-0.2, 0) is 4.79 Å². The third kappa shape index (κ3) is 6.78. The van der Waals surface area contributed by atoms with Crippen LogP contribution in [0.5, 0.6) is 11.5 Å². The van der Waals surface area contributed by atoms with Gasteiger partial charge >= 0.3 is 0 Å². The Hall–Kier alpha value is -5.18. The van der Waals surface area contributed by atoms with Gasteiger partial charge < -0.3 is 20.1 Å². The van der Waals surface area contributed by atoms with E-state index in [2.05, 4.69) is 10.6 Å². The minimum absolute atomic E-state index is 0.132. The summed E-state index contributed by atoms with van der Waals surface area (Å²) >= 11 is 0. The zero-order valence-corrected chi connectivity index (χ0v) is 21.4. The Bertz CT molecular complexity index is 1470. The second-order valence-electron chi connectivity index (χ2n) is 8.70. The number of amides is 2. The number of hydrogen-bond donors (Lipinski definition) is 2. The van der Waals surface area contributed by atoms with Gasteiger partial charge in [0.2, 0.25) is 0 Å². The third-order valence-corrected chi connectivity index (χ3v) is 5.98. The fourth-order valence-electron chi connectivity index (χ4n) is 3.99. The molecule has 0 radical (unpaired) electrons. The molecule has 0 aliphatic carbocycles. The van der Waals surface area contributed by atoms with Gasteiger partial charge in [0.15, 0.2) is 6.61 Å². The van der Waals surface area contributed by atoms with E-state index in [0.717, 1.165) is 16.7 Å². The molecule has 0 spiro atoms. The number of benzene rings is 4. The summed E-state index contributed by atoms with van der Waals surface area (Å²) in [5, 5.41) is 16.8. The van der Waals surface area contributed by atoms with Gasteiger partial charge in [-0.2, -0.15) is 0 Å². The van der Waals surface area contributed by atoms with Gasteiger partial charge in [0.05, 0.1) is 29.3 Å². The van der Waals surface area contributed by atoms with E-state index in [0.29, 0.717) is 0 Å². The number of non-ortho nitro benzene ring substituents is 1. The highest BCUT2D eigenvalue weighted by molar-refractivity contribution is 6.07. The monoisotopic (exact) mass is 525 g/mol. The van der Waals surface area contributed by atoms with Crippen molar-refractivity contribution in [2.24, 2.45) is 0 Å². The maximum absolute atomic E-state index is 13.1. The molecule has 0 aliphatic heterocycles. The molecule has 9 heteroatoms. The van der Waals surface area contributed by atoms with Crippen LogP contribution in [0.15, 0.2) is 97.1 Å². The van der Waals surface area contributed by atoms with Crippen LogP contribution in [-0.4, -0.2) is 30.5 Å². The lowest BCUT2D eigenvalue weighted by Gasteiger charge is -2.20. The van der Waals surface area contributed by atoms with Gasteiger partial charge in [-0.15, -0.1) is 0 Å². The van der Waals surface area contributed by atoms with Gasteiger partial charge in [-0.25, -0.2) is 0 Å². The number of methoxy groups -OCH3 is 1. The number of hydrogen-bond acceptors (Lipinski definition) is 6. The van der Waals surface area contributed by atoms with Crippen molar-refractivity contribution < 1.29 is 24.0 Å². The first-order valence-electron chi connectivity index (χ1n) is 12.1. The summed E-state index contributed by atoms with van der Waals surface area (Å²) in [6, 6.07) is 27.4. The third-order valence-electron chi connectivity index (χ3n) is 5.98. The second kappa shape index (κ2) is 12.4. The van der Waals surface area contributed by atoms with Crippen molar-refractivity contribution in [3.63, 3.8) is 0 Å². The van der Waals surface area contributed by atoms with Gasteiger partial charge in [-0.05, 0) is 36.2 Å². The Kier molecular flexibility index (Phi) is 8.53. The van der Waals surface area contributed by atoms with E-state index in [1.165, 1.54) is 31.4 Å². The highest BCUT2D eigenvalue weighted by Crippen LogP contribution is 2.30. The van der Waals surface area contributed by atoms with Gasteiger partial charge in [-0.3, -0.25) is 19.7 Å². The summed E-state index contributed by atoms with van der Waals surface area (Å²) in [6.45, 7) is 1.66. The number of nitrogens with zero attached hydrogens (tertiary/aromatic N) is 1. The van der Waals surface area contributed by atoms with Gasteiger partial charge in [0, 0.05) is 12.1 Å². The number of nitro groups is 1. The Morgan fingerprint density at radius 3 is 2.23 bits per heavy atom. The molecule has 1 atom stereocenters. The fraction of sp³-hybridized carbons (Fsp3) is 0.133. The number of nitro benzene ring substituents is 1. The predicted molar refractivity (Wildman–Crippen MR) is 147 cm³/mol. The van der Waals surface area contributed by atoms with Crippen LogP contribution in [0.2, 0.25) is 0 Å².